The number of sulfonamides is 1. The average molecular weight is 297 g/mol. The number of nitrogens with zero attached hydrogens (tertiary/aromatic N) is 1. The number of amides is 1. The van der Waals surface area contributed by atoms with Crippen molar-refractivity contribution in [1.29, 1.82) is 5.26 Å². The van der Waals surface area contributed by atoms with Crippen molar-refractivity contribution in [2.75, 3.05) is 13.2 Å². The maximum Gasteiger partial charge on any atom is 0.257 e. The number of aryl methyl sites for hydroxylation is 1. The fourth-order valence-corrected chi connectivity index (χ4v) is 2.01. The topological polar surface area (TPSA) is 122 Å². The molecule has 0 aliphatic heterocycles. The molecule has 1 aromatic rings. The minimum absolute atomic E-state index is 0.0131. The van der Waals surface area contributed by atoms with Crippen LogP contribution in [0.1, 0.15) is 12.0 Å². The molecule has 0 unspecified atom stereocenters. The number of hydrogen-bond acceptors (Lipinski definition) is 5. The molecule has 0 fully saturated rings. The van der Waals surface area contributed by atoms with Crippen LogP contribution >= 0.6 is 0 Å². The van der Waals surface area contributed by atoms with Gasteiger partial charge in [-0.1, -0.05) is 0 Å². The Morgan fingerprint density at radius 1 is 1.50 bits per heavy atom. The monoisotopic (exact) mass is 297 g/mol. The van der Waals surface area contributed by atoms with Crippen molar-refractivity contribution < 1.29 is 17.9 Å². The van der Waals surface area contributed by atoms with Gasteiger partial charge in [0.05, 0.1) is 17.4 Å². The van der Waals surface area contributed by atoms with E-state index < -0.39 is 10.0 Å². The predicted molar refractivity (Wildman–Crippen MR) is 71.3 cm³/mol. The largest absolute Gasteiger partial charge is 0.484 e. The van der Waals surface area contributed by atoms with Crippen LogP contribution in [0.15, 0.2) is 23.1 Å². The zero-order valence-electron chi connectivity index (χ0n) is 10.9. The lowest BCUT2D eigenvalue weighted by Gasteiger charge is -2.10. The number of primary sulfonamides is 1. The molecule has 8 heteroatoms. The summed E-state index contributed by atoms with van der Waals surface area (Å²) >= 11 is 0. The first kappa shape index (κ1) is 15.9. The average Bonchev–Trinajstić information content (AvgIpc) is 2.36. The Morgan fingerprint density at radius 2 is 2.20 bits per heavy atom. The van der Waals surface area contributed by atoms with Gasteiger partial charge in [-0.05, 0) is 30.7 Å². The Hall–Kier alpha value is -2.11. The zero-order valence-corrected chi connectivity index (χ0v) is 11.7. The summed E-state index contributed by atoms with van der Waals surface area (Å²) in [6.45, 7) is 1.71. The molecule has 20 heavy (non-hydrogen) atoms. The van der Waals surface area contributed by atoms with Crippen molar-refractivity contribution in [1.82, 2.24) is 5.32 Å². The molecular weight excluding hydrogens is 282 g/mol. The molecule has 3 N–H and O–H groups in total. The van der Waals surface area contributed by atoms with E-state index in [1.165, 1.54) is 18.2 Å². The van der Waals surface area contributed by atoms with Crippen molar-refractivity contribution in [3.63, 3.8) is 0 Å². The number of ether oxygens (including phenoxy) is 1. The van der Waals surface area contributed by atoms with Crippen LogP contribution in [0.25, 0.3) is 0 Å². The summed E-state index contributed by atoms with van der Waals surface area (Å²) in [6.07, 6.45) is 0.230. The van der Waals surface area contributed by atoms with Crippen molar-refractivity contribution in [3.05, 3.63) is 23.8 Å². The van der Waals surface area contributed by atoms with Crippen LogP contribution in [0.2, 0.25) is 0 Å². The first-order valence-electron chi connectivity index (χ1n) is 5.74. The lowest BCUT2D eigenvalue weighted by molar-refractivity contribution is -0.123. The minimum atomic E-state index is -3.75. The van der Waals surface area contributed by atoms with Gasteiger partial charge in [0.2, 0.25) is 10.0 Å². The summed E-state index contributed by atoms with van der Waals surface area (Å²) in [5.41, 5.74) is 0.557. The molecular formula is C12H15N3O4S. The second-order valence-corrected chi connectivity index (χ2v) is 5.58. The first-order chi connectivity index (χ1) is 9.34. The van der Waals surface area contributed by atoms with Crippen LogP contribution in [-0.2, 0) is 14.8 Å². The number of rotatable bonds is 6. The van der Waals surface area contributed by atoms with Crippen LogP contribution < -0.4 is 15.2 Å². The zero-order chi connectivity index (χ0) is 15.2. The van der Waals surface area contributed by atoms with E-state index in [0.717, 1.165) is 0 Å². The number of nitrogens with two attached hydrogens (primary N) is 1. The lowest BCUT2D eigenvalue weighted by Crippen LogP contribution is -2.29. The Kier molecular flexibility index (Phi) is 5.49. The Balaban J connectivity index is 2.62. The van der Waals surface area contributed by atoms with E-state index in [9.17, 15) is 13.2 Å². The van der Waals surface area contributed by atoms with Gasteiger partial charge in [-0.15, -0.1) is 0 Å². The highest BCUT2D eigenvalue weighted by atomic mass is 32.2. The Morgan fingerprint density at radius 3 is 2.75 bits per heavy atom. The number of benzene rings is 1. The highest BCUT2D eigenvalue weighted by Gasteiger charge is 2.11. The molecule has 0 aromatic heterocycles. The van der Waals surface area contributed by atoms with Crippen LogP contribution in [-0.4, -0.2) is 27.5 Å². The quantitative estimate of drug-likeness (QED) is 0.718. The second kappa shape index (κ2) is 6.88. The molecule has 108 valence electrons. The fraction of sp³-hybridized carbons (Fsp3) is 0.333. The molecule has 0 atom stereocenters. The third kappa shape index (κ3) is 4.87. The minimum Gasteiger partial charge on any atom is -0.484 e. The predicted octanol–water partition coefficient (Wildman–Crippen LogP) is 0.0511. The van der Waals surface area contributed by atoms with Gasteiger partial charge in [0.1, 0.15) is 5.75 Å². The smallest absolute Gasteiger partial charge is 0.257 e. The molecule has 0 heterocycles. The summed E-state index contributed by atoms with van der Waals surface area (Å²) < 4.78 is 27.6. The third-order valence-electron chi connectivity index (χ3n) is 2.39. The number of nitriles is 1. The summed E-state index contributed by atoms with van der Waals surface area (Å²) in [7, 11) is -3.75. The molecule has 0 saturated carbocycles. The summed E-state index contributed by atoms with van der Waals surface area (Å²) in [5.74, 6) is 0.0445. The molecule has 0 bridgehead atoms. The first-order valence-corrected chi connectivity index (χ1v) is 7.29. The van der Waals surface area contributed by atoms with Crippen LogP contribution in [0.5, 0.6) is 5.75 Å². The highest BCUT2D eigenvalue weighted by molar-refractivity contribution is 7.89. The molecule has 1 rings (SSSR count). The molecule has 1 amide bonds. The standard InChI is InChI=1S/C12H15N3O4S/c1-9-7-10(20(14,17)18)3-4-11(9)19-8-12(16)15-6-2-5-13/h3-4,7H,2,6,8H2,1H3,(H,15,16)(H2,14,17,18). The number of carbonyl (C=O) groups excluding carboxylic acids is 1. The van der Waals surface area contributed by atoms with Crippen molar-refractivity contribution in [3.8, 4) is 11.8 Å². The van der Waals surface area contributed by atoms with Crippen molar-refractivity contribution >= 4 is 15.9 Å². The van der Waals surface area contributed by atoms with Gasteiger partial charge < -0.3 is 10.1 Å². The van der Waals surface area contributed by atoms with Gasteiger partial charge in [-0.25, -0.2) is 13.6 Å². The van der Waals surface area contributed by atoms with Crippen molar-refractivity contribution in [2.24, 2.45) is 5.14 Å². The van der Waals surface area contributed by atoms with E-state index in [1.54, 1.807) is 6.92 Å². The fourth-order valence-electron chi connectivity index (χ4n) is 1.41. The molecule has 0 saturated heterocycles. The van der Waals surface area contributed by atoms with Crippen LogP contribution in [0, 0.1) is 18.3 Å². The second-order valence-electron chi connectivity index (χ2n) is 4.02. The Bertz CT molecular complexity index is 635. The normalized spacial score (nSPS) is 10.7. The number of hydrogen-bond donors (Lipinski definition) is 2. The van der Waals surface area contributed by atoms with E-state index in [-0.39, 0.29) is 30.4 Å². The maximum atomic E-state index is 11.4. The third-order valence-corrected chi connectivity index (χ3v) is 3.30. The van der Waals surface area contributed by atoms with Gasteiger partial charge in [0.25, 0.3) is 5.91 Å². The SMILES string of the molecule is Cc1cc(S(N)(=O)=O)ccc1OCC(=O)NCCC#N. The van der Waals surface area contributed by atoms with E-state index in [4.69, 9.17) is 15.1 Å². The lowest BCUT2D eigenvalue weighted by atomic mass is 10.2. The Labute approximate surface area is 117 Å². The van der Waals surface area contributed by atoms with E-state index in [1.807, 2.05) is 6.07 Å². The molecule has 7 nitrogen and oxygen atoms in total. The van der Waals surface area contributed by atoms with E-state index in [0.29, 0.717) is 11.3 Å². The van der Waals surface area contributed by atoms with Gasteiger partial charge >= 0.3 is 0 Å². The van der Waals surface area contributed by atoms with Crippen LogP contribution in [0.3, 0.4) is 0 Å². The number of carbonyl (C=O) groups is 1. The van der Waals surface area contributed by atoms with Gasteiger partial charge in [0, 0.05) is 6.54 Å². The molecule has 0 aliphatic rings. The number of nitrogens with one attached hydrogen (secondary N) is 1. The van der Waals surface area contributed by atoms with Crippen LogP contribution in [0.4, 0.5) is 0 Å². The van der Waals surface area contributed by atoms with E-state index >= 15 is 0 Å². The summed E-state index contributed by atoms with van der Waals surface area (Å²) in [4.78, 5) is 11.4. The molecule has 1 aromatic carbocycles. The molecule has 0 spiro atoms. The van der Waals surface area contributed by atoms with Crippen molar-refractivity contribution in [2.45, 2.75) is 18.2 Å². The molecule has 0 aliphatic carbocycles. The van der Waals surface area contributed by atoms with E-state index in [2.05, 4.69) is 5.32 Å². The van der Waals surface area contributed by atoms with Gasteiger partial charge in [-0.3, -0.25) is 4.79 Å². The summed E-state index contributed by atoms with van der Waals surface area (Å²) in [6, 6.07) is 6.03. The summed E-state index contributed by atoms with van der Waals surface area (Å²) in [5, 5.41) is 15.8. The van der Waals surface area contributed by atoms with Gasteiger partial charge in [-0.2, -0.15) is 5.26 Å². The maximum absolute atomic E-state index is 11.4. The van der Waals surface area contributed by atoms with Gasteiger partial charge in [0.15, 0.2) is 6.61 Å². The highest BCUT2D eigenvalue weighted by Crippen LogP contribution is 2.20. The molecule has 0 radical (unpaired) electrons.